The van der Waals surface area contributed by atoms with Gasteiger partial charge in [0.05, 0.1) is 6.61 Å². The Morgan fingerprint density at radius 1 is 1.07 bits per heavy atom. The van der Waals surface area contributed by atoms with E-state index in [0.717, 1.165) is 25.4 Å². The topological polar surface area (TPSA) is 87.1 Å². The molecule has 7 heteroatoms. The molecule has 0 aromatic heterocycles. The fraction of sp³-hybridized carbons (Fsp3) is 0.304. The van der Waals surface area contributed by atoms with Crippen molar-refractivity contribution in [3.8, 4) is 5.75 Å². The molecule has 1 aliphatic rings. The number of benzene rings is 2. The third kappa shape index (κ3) is 8.87. The third-order valence-electron chi connectivity index (χ3n) is 4.56. The normalized spacial score (nSPS) is 16.5. The van der Waals surface area contributed by atoms with Crippen LogP contribution in [0.3, 0.4) is 0 Å². The number of carboxylic acid groups (broad SMARTS) is 2. The van der Waals surface area contributed by atoms with E-state index in [-0.39, 0.29) is 5.82 Å². The average Bonchev–Trinajstić information content (AvgIpc) is 2.75. The summed E-state index contributed by atoms with van der Waals surface area (Å²) in [5.74, 6) is -2.59. The molecule has 0 saturated carbocycles. The van der Waals surface area contributed by atoms with Crippen molar-refractivity contribution in [1.29, 1.82) is 0 Å². The van der Waals surface area contributed by atoms with Crippen molar-refractivity contribution >= 4 is 18.0 Å². The van der Waals surface area contributed by atoms with E-state index in [1.165, 1.54) is 30.5 Å². The molecule has 2 N–H and O–H groups in total. The lowest BCUT2D eigenvalue weighted by Gasteiger charge is -2.31. The number of likely N-dealkylation sites (tertiary alicyclic amines) is 1. The molecule has 0 bridgehead atoms. The van der Waals surface area contributed by atoms with Crippen LogP contribution in [0.25, 0.3) is 6.08 Å². The highest BCUT2D eigenvalue weighted by atomic mass is 19.1. The largest absolute Gasteiger partial charge is 0.493 e. The highest BCUT2D eigenvalue weighted by Gasteiger charge is 2.19. The van der Waals surface area contributed by atoms with Gasteiger partial charge in [-0.1, -0.05) is 42.5 Å². The number of aliphatic carboxylic acids is 2. The molecule has 0 amide bonds. The fourth-order valence-electron chi connectivity index (χ4n) is 3.10. The molecule has 1 saturated heterocycles. The lowest BCUT2D eigenvalue weighted by Crippen LogP contribution is -2.37. The number of halogens is 1. The maximum Gasteiger partial charge on any atom is 0.414 e. The number of carbonyl (C=O) groups is 2. The molecule has 2 aromatic carbocycles. The molecule has 0 aliphatic carbocycles. The minimum absolute atomic E-state index is 0.226. The Bertz CT molecular complexity index is 811. The van der Waals surface area contributed by atoms with Gasteiger partial charge in [-0.3, -0.25) is 4.90 Å². The van der Waals surface area contributed by atoms with Gasteiger partial charge in [0.25, 0.3) is 0 Å². The van der Waals surface area contributed by atoms with Crippen LogP contribution in [0.5, 0.6) is 5.75 Å². The van der Waals surface area contributed by atoms with Crippen LogP contribution in [0.15, 0.2) is 60.7 Å². The zero-order valence-corrected chi connectivity index (χ0v) is 16.6. The predicted octanol–water partition coefficient (Wildman–Crippen LogP) is 3.79. The van der Waals surface area contributed by atoms with Crippen LogP contribution in [0.4, 0.5) is 4.39 Å². The molecular formula is C23H26FNO5. The standard InChI is InChI=1S/C21H24FNO.C2H2O4/c22-20-10-12-21(13-11-20)24-17-19-9-5-15-23(16-19)14-4-8-18-6-2-1-3-7-18;3-1(4)2(5)6/h1-4,6-8,10-13,19H,5,9,14-17H2;(H,3,4)(H,5,6)/b8-4+;. The predicted molar refractivity (Wildman–Crippen MR) is 112 cm³/mol. The van der Waals surface area contributed by atoms with Gasteiger partial charge >= 0.3 is 11.9 Å². The molecule has 30 heavy (non-hydrogen) atoms. The Morgan fingerprint density at radius 3 is 2.37 bits per heavy atom. The van der Waals surface area contributed by atoms with Crippen molar-refractivity contribution in [2.45, 2.75) is 12.8 Å². The van der Waals surface area contributed by atoms with Crippen LogP contribution in [-0.4, -0.2) is 53.3 Å². The van der Waals surface area contributed by atoms with Crippen LogP contribution >= 0.6 is 0 Å². The number of ether oxygens (including phenoxy) is 1. The summed E-state index contributed by atoms with van der Waals surface area (Å²) in [5.41, 5.74) is 1.24. The van der Waals surface area contributed by atoms with Gasteiger partial charge in [0, 0.05) is 19.0 Å². The summed E-state index contributed by atoms with van der Waals surface area (Å²) < 4.78 is 18.7. The zero-order valence-electron chi connectivity index (χ0n) is 16.6. The Morgan fingerprint density at radius 2 is 1.73 bits per heavy atom. The van der Waals surface area contributed by atoms with Crippen molar-refractivity contribution in [2.24, 2.45) is 5.92 Å². The Hall–Kier alpha value is -3.19. The van der Waals surface area contributed by atoms with Crippen molar-refractivity contribution in [3.05, 3.63) is 72.1 Å². The van der Waals surface area contributed by atoms with Gasteiger partial charge in [-0.25, -0.2) is 14.0 Å². The summed E-state index contributed by atoms with van der Waals surface area (Å²) >= 11 is 0. The van der Waals surface area contributed by atoms with Gasteiger partial charge in [0.15, 0.2) is 0 Å². The first kappa shape index (κ1) is 23.1. The second kappa shape index (κ2) is 12.4. The number of hydrogen-bond donors (Lipinski definition) is 2. The van der Waals surface area contributed by atoms with E-state index in [4.69, 9.17) is 24.5 Å². The molecule has 1 fully saturated rings. The summed E-state index contributed by atoms with van der Waals surface area (Å²) in [4.78, 5) is 20.7. The van der Waals surface area contributed by atoms with Gasteiger partial charge in [-0.05, 0) is 49.2 Å². The van der Waals surface area contributed by atoms with E-state index in [1.807, 2.05) is 6.07 Å². The maximum atomic E-state index is 12.9. The van der Waals surface area contributed by atoms with Crippen molar-refractivity contribution in [1.82, 2.24) is 4.90 Å². The van der Waals surface area contributed by atoms with Crippen LogP contribution in [-0.2, 0) is 9.59 Å². The van der Waals surface area contributed by atoms with Gasteiger partial charge in [-0.2, -0.15) is 0 Å². The third-order valence-corrected chi connectivity index (χ3v) is 4.56. The minimum atomic E-state index is -1.82. The molecule has 0 spiro atoms. The highest BCUT2D eigenvalue weighted by Crippen LogP contribution is 2.19. The zero-order chi connectivity index (χ0) is 21.8. The fourth-order valence-corrected chi connectivity index (χ4v) is 3.10. The SMILES string of the molecule is Fc1ccc(OCC2CCCN(C/C=C/c3ccccc3)C2)cc1.O=C(O)C(=O)O. The highest BCUT2D eigenvalue weighted by molar-refractivity contribution is 6.27. The van der Waals surface area contributed by atoms with Crippen molar-refractivity contribution in [3.63, 3.8) is 0 Å². The molecule has 3 rings (SSSR count). The number of nitrogens with zero attached hydrogens (tertiary/aromatic N) is 1. The van der Waals surface area contributed by atoms with E-state index in [1.54, 1.807) is 12.1 Å². The second-order valence-corrected chi connectivity index (χ2v) is 6.96. The molecule has 1 heterocycles. The monoisotopic (exact) mass is 415 g/mol. The molecule has 2 aromatic rings. The average molecular weight is 415 g/mol. The van der Waals surface area contributed by atoms with E-state index in [0.29, 0.717) is 12.5 Å². The molecule has 1 atom stereocenters. The van der Waals surface area contributed by atoms with E-state index in [2.05, 4.69) is 41.3 Å². The smallest absolute Gasteiger partial charge is 0.414 e. The molecule has 160 valence electrons. The van der Waals surface area contributed by atoms with E-state index in [9.17, 15) is 4.39 Å². The summed E-state index contributed by atoms with van der Waals surface area (Å²) in [5, 5.41) is 14.8. The lowest BCUT2D eigenvalue weighted by atomic mass is 9.99. The van der Waals surface area contributed by atoms with Crippen LogP contribution < -0.4 is 4.74 Å². The maximum absolute atomic E-state index is 12.9. The summed E-state index contributed by atoms with van der Waals surface area (Å²) in [7, 11) is 0. The van der Waals surface area contributed by atoms with Gasteiger partial charge in [0.1, 0.15) is 11.6 Å². The Labute approximate surface area is 175 Å². The lowest BCUT2D eigenvalue weighted by molar-refractivity contribution is -0.159. The number of piperidine rings is 1. The van der Waals surface area contributed by atoms with Crippen LogP contribution in [0.1, 0.15) is 18.4 Å². The van der Waals surface area contributed by atoms with Crippen molar-refractivity contribution < 1.29 is 28.9 Å². The van der Waals surface area contributed by atoms with Gasteiger partial charge < -0.3 is 14.9 Å². The van der Waals surface area contributed by atoms with Crippen LogP contribution in [0.2, 0.25) is 0 Å². The van der Waals surface area contributed by atoms with E-state index >= 15 is 0 Å². The number of carboxylic acids is 2. The van der Waals surface area contributed by atoms with Gasteiger partial charge in [-0.15, -0.1) is 0 Å². The molecular weight excluding hydrogens is 389 g/mol. The molecule has 1 aliphatic heterocycles. The summed E-state index contributed by atoms with van der Waals surface area (Å²) in [6, 6.07) is 16.7. The number of hydrogen-bond acceptors (Lipinski definition) is 4. The van der Waals surface area contributed by atoms with Gasteiger partial charge in [0.2, 0.25) is 0 Å². The van der Waals surface area contributed by atoms with E-state index < -0.39 is 11.9 Å². The molecule has 1 unspecified atom stereocenters. The quantitative estimate of drug-likeness (QED) is 0.698. The summed E-state index contributed by atoms with van der Waals surface area (Å²) in [6.07, 6.45) is 6.81. The minimum Gasteiger partial charge on any atom is -0.493 e. The summed E-state index contributed by atoms with van der Waals surface area (Å²) in [6.45, 7) is 3.87. The van der Waals surface area contributed by atoms with Crippen LogP contribution in [0, 0.1) is 11.7 Å². The first-order chi connectivity index (χ1) is 14.4. The first-order valence-corrected chi connectivity index (χ1v) is 9.72. The Kier molecular flexibility index (Phi) is 9.54. The second-order valence-electron chi connectivity index (χ2n) is 6.96. The number of rotatable bonds is 6. The van der Waals surface area contributed by atoms with Crippen molar-refractivity contribution in [2.75, 3.05) is 26.2 Å². The Balaban J connectivity index is 0.000000469. The molecule has 6 nitrogen and oxygen atoms in total. The first-order valence-electron chi connectivity index (χ1n) is 9.72. The molecule has 0 radical (unpaired) electrons.